The molecule has 0 aliphatic heterocycles. The third-order valence-electron chi connectivity index (χ3n) is 5.17. The first kappa shape index (κ1) is 18.2. The van der Waals surface area contributed by atoms with Crippen LogP contribution in [0.2, 0.25) is 5.02 Å². The van der Waals surface area contributed by atoms with Crippen molar-refractivity contribution in [3.05, 3.63) is 58.0 Å². The Bertz CT molecular complexity index is 874. The van der Waals surface area contributed by atoms with Crippen molar-refractivity contribution in [2.45, 2.75) is 26.3 Å². The molecule has 1 unspecified atom stereocenters. The topological polar surface area (TPSA) is 89.3 Å². The van der Waals surface area contributed by atoms with Crippen LogP contribution in [0.15, 0.2) is 47.4 Å². The summed E-state index contributed by atoms with van der Waals surface area (Å²) in [4.78, 5) is 12.6. The summed E-state index contributed by atoms with van der Waals surface area (Å²) < 4.78 is 22.8. The molecule has 1 aromatic carbocycles. The van der Waals surface area contributed by atoms with Crippen molar-refractivity contribution >= 4 is 27.5 Å². The van der Waals surface area contributed by atoms with Gasteiger partial charge >= 0.3 is 0 Å². The van der Waals surface area contributed by atoms with Gasteiger partial charge in [-0.1, -0.05) is 43.7 Å². The van der Waals surface area contributed by atoms with Crippen LogP contribution in [-0.2, 0) is 10.0 Å². The van der Waals surface area contributed by atoms with Gasteiger partial charge in [-0.05, 0) is 47.9 Å². The van der Waals surface area contributed by atoms with Gasteiger partial charge < -0.3 is 5.32 Å². The minimum Gasteiger partial charge on any atom is -0.348 e. The Morgan fingerprint density at radius 2 is 2.08 bits per heavy atom. The maximum atomic E-state index is 12.5. The van der Waals surface area contributed by atoms with Gasteiger partial charge in [0.05, 0.1) is 4.91 Å². The summed E-state index contributed by atoms with van der Waals surface area (Å²) in [5.41, 5.74) is 0.473. The minimum absolute atomic E-state index is 0.0260. The first-order valence-corrected chi connectivity index (χ1v) is 10.0. The summed E-state index contributed by atoms with van der Waals surface area (Å²) in [6, 6.07) is 6.87. The molecule has 2 aliphatic carbocycles. The fraction of sp³-hybridized carbons (Fsp3) is 0.389. The van der Waals surface area contributed by atoms with Crippen LogP contribution < -0.4 is 10.5 Å². The molecule has 1 aromatic rings. The Labute approximate surface area is 153 Å². The van der Waals surface area contributed by atoms with Gasteiger partial charge in [0.1, 0.15) is 0 Å². The molecule has 1 saturated carbocycles. The van der Waals surface area contributed by atoms with Crippen LogP contribution in [-0.4, -0.2) is 20.4 Å². The number of halogens is 1. The zero-order valence-electron chi connectivity index (χ0n) is 14.1. The van der Waals surface area contributed by atoms with Gasteiger partial charge in [-0.2, -0.15) is 0 Å². The lowest BCUT2D eigenvalue weighted by molar-refractivity contribution is 0.0944. The van der Waals surface area contributed by atoms with Crippen molar-refractivity contribution in [2.75, 3.05) is 0 Å². The van der Waals surface area contributed by atoms with E-state index in [4.69, 9.17) is 16.7 Å². The molecule has 3 rings (SSSR count). The molecule has 2 aliphatic rings. The Kier molecular flexibility index (Phi) is 4.56. The lowest BCUT2D eigenvalue weighted by Crippen LogP contribution is -2.29. The Morgan fingerprint density at radius 1 is 1.36 bits per heavy atom. The summed E-state index contributed by atoms with van der Waals surface area (Å²) in [5, 5.41) is 8.76. The molecule has 0 aromatic heterocycles. The number of nitrogens with one attached hydrogen (secondary N) is 1. The second-order valence-electron chi connectivity index (χ2n) is 7.22. The molecule has 1 amide bonds. The number of benzene rings is 1. The molecule has 0 radical (unpaired) electrons. The van der Waals surface area contributed by atoms with Gasteiger partial charge in [-0.25, -0.2) is 13.6 Å². The van der Waals surface area contributed by atoms with Crippen molar-refractivity contribution in [3.63, 3.8) is 0 Å². The maximum Gasteiger partial charge on any atom is 0.251 e. The molecule has 0 bridgehead atoms. The number of sulfonamides is 1. The van der Waals surface area contributed by atoms with Crippen LogP contribution in [0, 0.1) is 17.3 Å². The van der Waals surface area contributed by atoms with Crippen LogP contribution in [0.5, 0.6) is 0 Å². The van der Waals surface area contributed by atoms with Crippen molar-refractivity contribution in [1.29, 1.82) is 0 Å². The first-order chi connectivity index (χ1) is 11.6. The smallest absolute Gasteiger partial charge is 0.251 e. The molecule has 5 nitrogen and oxygen atoms in total. The summed E-state index contributed by atoms with van der Waals surface area (Å²) in [6.45, 7) is 4.21. The van der Waals surface area contributed by atoms with E-state index in [0.717, 1.165) is 0 Å². The lowest BCUT2D eigenvalue weighted by Gasteiger charge is -2.16. The molecular weight excluding hydrogens is 360 g/mol. The maximum absolute atomic E-state index is 12.5. The monoisotopic (exact) mass is 380 g/mol. The fourth-order valence-corrected chi connectivity index (χ4v) is 4.49. The summed E-state index contributed by atoms with van der Waals surface area (Å²) >= 11 is 5.94. The van der Waals surface area contributed by atoms with Crippen LogP contribution >= 0.6 is 11.6 Å². The second-order valence-corrected chi connectivity index (χ2v) is 9.22. The van der Waals surface area contributed by atoms with Crippen LogP contribution in [0.4, 0.5) is 0 Å². The highest BCUT2D eigenvalue weighted by atomic mass is 35.5. The standard InChI is InChI=1S/C18H21ClN2O3S/c1-18(2)15(11-6-8-14(9-7-11)25(20,23)24)16(18)21-17(22)12-4-3-5-13(19)10-12/h3-6,8-11,15-16H,7H2,1-2H3,(H,21,22)(H2,20,23,24)/t11?,15-,16-/m0/s1. The van der Waals surface area contributed by atoms with E-state index in [-0.39, 0.29) is 34.1 Å². The van der Waals surface area contributed by atoms with E-state index in [0.29, 0.717) is 17.0 Å². The number of hydrogen-bond acceptors (Lipinski definition) is 3. The number of hydrogen-bond donors (Lipinski definition) is 2. The van der Waals surface area contributed by atoms with E-state index < -0.39 is 10.0 Å². The van der Waals surface area contributed by atoms with Gasteiger partial charge in [0.15, 0.2) is 0 Å². The van der Waals surface area contributed by atoms with Crippen molar-refractivity contribution in [1.82, 2.24) is 5.32 Å². The average molecular weight is 381 g/mol. The summed E-state index contributed by atoms with van der Waals surface area (Å²) in [5.74, 6) is 0.263. The quantitative estimate of drug-likeness (QED) is 0.841. The third kappa shape index (κ3) is 3.66. The van der Waals surface area contributed by atoms with E-state index in [1.165, 1.54) is 0 Å². The van der Waals surface area contributed by atoms with E-state index in [1.807, 2.05) is 6.08 Å². The first-order valence-electron chi connectivity index (χ1n) is 8.08. The van der Waals surface area contributed by atoms with E-state index in [2.05, 4.69) is 19.2 Å². The van der Waals surface area contributed by atoms with E-state index in [9.17, 15) is 13.2 Å². The van der Waals surface area contributed by atoms with Crippen LogP contribution in [0.1, 0.15) is 30.6 Å². The molecule has 7 heteroatoms. The van der Waals surface area contributed by atoms with E-state index >= 15 is 0 Å². The predicted molar refractivity (Wildman–Crippen MR) is 98.4 cm³/mol. The normalized spacial score (nSPS) is 27.5. The zero-order valence-corrected chi connectivity index (χ0v) is 15.6. The Balaban J connectivity index is 1.68. The Morgan fingerprint density at radius 3 is 2.64 bits per heavy atom. The van der Waals surface area contributed by atoms with Crippen molar-refractivity contribution in [3.8, 4) is 0 Å². The molecular formula is C18H21ClN2O3S. The highest BCUT2D eigenvalue weighted by Gasteiger charge is 2.60. The van der Waals surface area contributed by atoms with Gasteiger partial charge in [0, 0.05) is 16.6 Å². The molecule has 25 heavy (non-hydrogen) atoms. The third-order valence-corrected chi connectivity index (χ3v) is 6.37. The Hall–Kier alpha value is -1.63. The van der Waals surface area contributed by atoms with Crippen molar-refractivity contribution in [2.24, 2.45) is 22.4 Å². The number of allylic oxidation sites excluding steroid dienone is 3. The molecule has 0 spiro atoms. The number of rotatable bonds is 4. The van der Waals surface area contributed by atoms with Crippen molar-refractivity contribution < 1.29 is 13.2 Å². The summed E-state index contributed by atoms with van der Waals surface area (Å²) in [7, 11) is -3.66. The molecule has 3 N–H and O–H groups in total. The lowest BCUT2D eigenvalue weighted by atomic mass is 9.91. The number of carbonyl (C=O) groups is 1. The molecule has 134 valence electrons. The molecule has 0 saturated heterocycles. The predicted octanol–water partition coefficient (Wildman–Crippen LogP) is 2.84. The SMILES string of the molecule is CC1(C)[C@@H](NC(=O)c2cccc(Cl)c2)[C@@H]1C1C=CC(S(N)(=O)=O)=CC1. The highest BCUT2D eigenvalue weighted by molar-refractivity contribution is 7.93. The van der Waals surface area contributed by atoms with Gasteiger partial charge in [-0.3, -0.25) is 4.79 Å². The van der Waals surface area contributed by atoms with Crippen LogP contribution in [0.25, 0.3) is 0 Å². The number of primary sulfonamides is 1. The summed E-state index contributed by atoms with van der Waals surface area (Å²) in [6.07, 6.45) is 5.70. The fourth-order valence-electron chi connectivity index (χ4n) is 3.70. The second kappa shape index (κ2) is 6.27. The molecule has 3 atom stereocenters. The van der Waals surface area contributed by atoms with E-state index in [1.54, 1.807) is 36.4 Å². The zero-order chi connectivity index (χ0) is 18.4. The molecule has 1 fully saturated rings. The van der Waals surface area contributed by atoms with Gasteiger partial charge in [-0.15, -0.1) is 0 Å². The largest absolute Gasteiger partial charge is 0.348 e. The van der Waals surface area contributed by atoms with Gasteiger partial charge in [0.2, 0.25) is 10.0 Å². The number of amides is 1. The van der Waals surface area contributed by atoms with Gasteiger partial charge in [0.25, 0.3) is 5.91 Å². The number of nitrogens with two attached hydrogens (primary N) is 1. The highest BCUT2D eigenvalue weighted by Crippen LogP contribution is 2.57. The minimum atomic E-state index is -3.66. The molecule has 0 heterocycles. The average Bonchev–Trinajstić information content (AvgIpc) is 3.07. The van der Waals surface area contributed by atoms with Crippen LogP contribution in [0.3, 0.4) is 0 Å². The number of carbonyl (C=O) groups excluding carboxylic acids is 1.